The molecule has 2 N–H and O–H groups in total. The molecule has 0 atom stereocenters. The van der Waals surface area contributed by atoms with Gasteiger partial charge in [-0.1, -0.05) is 128 Å². The summed E-state index contributed by atoms with van der Waals surface area (Å²) < 4.78 is 0. The maximum Gasteiger partial charge on any atom is 0.234 e. The number of hydrogen-bond acceptors (Lipinski definition) is 4. The summed E-state index contributed by atoms with van der Waals surface area (Å²) in [6.45, 7) is 2.44. The van der Waals surface area contributed by atoms with E-state index >= 15 is 0 Å². The van der Waals surface area contributed by atoms with Crippen LogP contribution in [0.3, 0.4) is 0 Å². The quantitative estimate of drug-likeness (QED) is 0.0855. The minimum Gasteiger partial charge on any atom is -0.325 e. The van der Waals surface area contributed by atoms with Crippen molar-refractivity contribution in [2.24, 2.45) is 0 Å². The fraction of sp³-hybridized carbons (Fsp3) is 0.759. The van der Waals surface area contributed by atoms with Gasteiger partial charge in [0.2, 0.25) is 5.91 Å². The molecule has 0 saturated carbocycles. The van der Waals surface area contributed by atoms with Crippen LogP contribution in [0.5, 0.6) is 0 Å². The predicted octanol–water partition coefficient (Wildman–Crippen LogP) is 9.39. The molecule has 196 valence electrons. The monoisotopic (exact) mass is 493 g/mol. The normalized spacial score (nSPS) is 11.1. The number of benzene rings is 1. The van der Waals surface area contributed by atoms with Crippen LogP contribution in [0.1, 0.15) is 128 Å². The zero-order valence-corrected chi connectivity index (χ0v) is 22.6. The Morgan fingerprint density at radius 1 is 0.735 bits per heavy atom. The Hall–Kier alpha value is -1.04. The topological polar surface area (TPSA) is 58.6 Å². The molecule has 4 nitrogen and oxygen atoms in total. The first-order chi connectivity index (χ1) is 16.8. The van der Waals surface area contributed by atoms with Crippen LogP contribution in [0.15, 0.2) is 24.3 Å². The van der Waals surface area contributed by atoms with Crippen molar-refractivity contribution in [3.63, 3.8) is 0 Å². The summed E-state index contributed by atoms with van der Waals surface area (Å²) in [7, 11) is 0. The molecule has 0 bridgehead atoms. The second-order valence-electron chi connectivity index (χ2n) is 9.58. The lowest BCUT2D eigenvalue weighted by atomic mass is 10.0. The molecule has 0 aliphatic carbocycles. The van der Waals surface area contributed by atoms with Crippen LogP contribution in [-0.2, 0) is 16.3 Å². The summed E-state index contributed by atoms with van der Waals surface area (Å²) in [4.78, 5) is 16.1. The van der Waals surface area contributed by atoms with Crippen LogP contribution in [-0.4, -0.2) is 22.7 Å². The Balaban J connectivity index is 1.78. The van der Waals surface area contributed by atoms with Crippen molar-refractivity contribution in [2.45, 2.75) is 129 Å². The smallest absolute Gasteiger partial charge is 0.234 e. The van der Waals surface area contributed by atoms with E-state index in [1.165, 1.54) is 116 Å². The third-order valence-corrected chi connectivity index (χ3v) is 7.39. The summed E-state index contributed by atoms with van der Waals surface area (Å²) in [6.07, 6.45) is 25.1. The molecule has 0 saturated heterocycles. The van der Waals surface area contributed by atoms with Gasteiger partial charge in [-0.05, 0) is 29.9 Å². The van der Waals surface area contributed by atoms with Crippen molar-refractivity contribution in [3.8, 4) is 0 Å². The van der Waals surface area contributed by atoms with E-state index in [2.05, 4.69) is 17.1 Å². The Labute approximate surface area is 213 Å². The van der Waals surface area contributed by atoms with E-state index in [1.807, 2.05) is 24.3 Å². The molecule has 0 unspecified atom stereocenters. The lowest BCUT2D eigenvalue weighted by Crippen LogP contribution is -2.14. The highest BCUT2D eigenvalue weighted by Gasteiger charge is 2.03. The molecule has 0 aliphatic rings. The number of thioether (sulfide) groups is 1. The van der Waals surface area contributed by atoms with Crippen molar-refractivity contribution in [3.05, 3.63) is 29.8 Å². The van der Waals surface area contributed by atoms with Gasteiger partial charge >= 0.3 is 0 Å². The largest absolute Gasteiger partial charge is 0.325 e. The van der Waals surface area contributed by atoms with E-state index in [9.17, 15) is 4.79 Å². The van der Waals surface area contributed by atoms with E-state index in [1.54, 1.807) is 11.8 Å². The van der Waals surface area contributed by atoms with Gasteiger partial charge in [0.25, 0.3) is 0 Å². The Morgan fingerprint density at radius 3 is 1.62 bits per heavy atom. The minimum absolute atomic E-state index is 0.0403. The lowest BCUT2D eigenvalue weighted by molar-refractivity contribution is -0.253. The van der Waals surface area contributed by atoms with Gasteiger partial charge in [0.1, 0.15) is 6.61 Å². The summed E-state index contributed by atoms with van der Waals surface area (Å²) >= 11 is 1.72. The van der Waals surface area contributed by atoms with Crippen LogP contribution in [0.25, 0.3) is 0 Å². The molecule has 0 aromatic heterocycles. The highest BCUT2D eigenvalue weighted by atomic mass is 32.2. The fourth-order valence-corrected chi connectivity index (χ4v) is 5.04. The second kappa shape index (κ2) is 23.7. The highest BCUT2D eigenvalue weighted by molar-refractivity contribution is 7.99. The fourth-order valence-electron chi connectivity index (χ4n) is 4.23. The number of anilines is 1. The van der Waals surface area contributed by atoms with E-state index in [0.717, 1.165) is 17.0 Å². The van der Waals surface area contributed by atoms with Crippen LogP contribution in [0.4, 0.5) is 5.69 Å². The van der Waals surface area contributed by atoms with Gasteiger partial charge in [0.05, 0.1) is 5.75 Å². The summed E-state index contributed by atoms with van der Waals surface area (Å²) in [6, 6.07) is 7.32. The third kappa shape index (κ3) is 19.3. The first-order valence-corrected chi connectivity index (χ1v) is 15.1. The maximum absolute atomic E-state index is 12.0. The van der Waals surface area contributed by atoms with E-state index in [-0.39, 0.29) is 12.5 Å². The standard InChI is InChI=1S/C29H51NO3S/c1-2-3-4-5-6-7-8-9-10-11-12-13-14-15-16-17-18-19-24-34-26-29(31)30-28-22-20-27(21-23-28)25-33-32/h20-23,32H,2-19,24-26H2,1H3,(H,30,31). The minimum atomic E-state index is 0.0403. The van der Waals surface area contributed by atoms with Crippen molar-refractivity contribution in [2.75, 3.05) is 16.8 Å². The zero-order valence-electron chi connectivity index (χ0n) is 21.8. The van der Waals surface area contributed by atoms with Gasteiger partial charge in [-0.15, -0.1) is 0 Å². The molecule has 0 radical (unpaired) electrons. The summed E-state index contributed by atoms with van der Waals surface area (Å²) in [5.74, 6) is 1.60. The van der Waals surface area contributed by atoms with Gasteiger partial charge in [-0.2, -0.15) is 11.8 Å². The summed E-state index contributed by atoms with van der Waals surface area (Å²) in [5, 5.41) is 11.4. The molecule has 0 heterocycles. The van der Waals surface area contributed by atoms with Crippen LogP contribution >= 0.6 is 11.8 Å². The van der Waals surface area contributed by atoms with Crippen LogP contribution in [0, 0.1) is 0 Å². The molecule has 1 rings (SSSR count). The Bertz CT molecular complexity index is 579. The van der Waals surface area contributed by atoms with Crippen molar-refractivity contribution >= 4 is 23.4 Å². The first-order valence-electron chi connectivity index (χ1n) is 14.0. The predicted molar refractivity (Wildman–Crippen MR) is 149 cm³/mol. The number of amides is 1. The van der Waals surface area contributed by atoms with Crippen molar-refractivity contribution in [1.82, 2.24) is 0 Å². The average molecular weight is 494 g/mol. The summed E-state index contributed by atoms with van der Waals surface area (Å²) in [5.41, 5.74) is 1.64. The first kappa shape index (κ1) is 31.0. The number of unbranched alkanes of at least 4 members (excludes halogenated alkanes) is 17. The highest BCUT2D eigenvalue weighted by Crippen LogP contribution is 2.15. The van der Waals surface area contributed by atoms with E-state index < -0.39 is 0 Å². The van der Waals surface area contributed by atoms with Gasteiger partial charge in [-0.25, -0.2) is 4.89 Å². The molecule has 1 aromatic carbocycles. The van der Waals surface area contributed by atoms with Gasteiger partial charge in [0.15, 0.2) is 0 Å². The molecule has 34 heavy (non-hydrogen) atoms. The van der Waals surface area contributed by atoms with Crippen LogP contribution in [0.2, 0.25) is 0 Å². The molecular formula is C29H51NO3S. The molecular weight excluding hydrogens is 442 g/mol. The molecule has 1 aromatic rings. The van der Waals surface area contributed by atoms with Gasteiger partial charge < -0.3 is 5.32 Å². The number of rotatable bonds is 24. The number of hydrogen-bond donors (Lipinski definition) is 2. The lowest BCUT2D eigenvalue weighted by Gasteiger charge is -2.06. The molecule has 0 fully saturated rings. The van der Waals surface area contributed by atoms with E-state index in [4.69, 9.17) is 5.26 Å². The number of nitrogens with one attached hydrogen (secondary N) is 1. The van der Waals surface area contributed by atoms with Gasteiger partial charge in [0, 0.05) is 5.69 Å². The Morgan fingerprint density at radius 2 is 1.18 bits per heavy atom. The number of carbonyl (C=O) groups is 1. The van der Waals surface area contributed by atoms with Crippen molar-refractivity contribution < 1.29 is 14.9 Å². The second-order valence-corrected chi connectivity index (χ2v) is 10.7. The Kier molecular flexibility index (Phi) is 21.6. The third-order valence-electron chi connectivity index (χ3n) is 6.34. The maximum atomic E-state index is 12.0. The van der Waals surface area contributed by atoms with Crippen molar-refractivity contribution in [1.29, 1.82) is 0 Å². The van der Waals surface area contributed by atoms with E-state index in [0.29, 0.717) is 5.75 Å². The zero-order chi connectivity index (χ0) is 24.5. The molecule has 0 aliphatic heterocycles. The average Bonchev–Trinajstić information content (AvgIpc) is 2.84. The number of carbonyl (C=O) groups excluding carboxylic acids is 1. The van der Waals surface area contributed by atoms with Gasteiger partial charge in [-0.3, -0.25) is 10.1 Å². The molecule has 5 heteroatoms. The molecule has 1 amide bonds. The van der Waals surface area contributed by atoms with Crippen LogP contribution < -0.4 is 5.32 Å². The molecule has 0 spiro atoms. The SMILES string of the molecule is CCCCCCCCCCCCCCCCCCCCSCC(=O)Nc1ccc(COO)cc1.